The number of aryl methyl sites for hydroxylation is 1. The van der Waals surface area contributed by atoms with Gasteiger partial charge in [0.2, 0.25) is 5.91 Å². The fraction of sp³-hybridized carbons (Fsp3) is 0.591. The number of alkyl carbamates (subject to hydrolysis) is 1. The Hall–Kier alpha value is -2.77. The number of ether oxygens (including phenoxy) is 1. The van der Waals surface area contributed by atoms with E-state index in [-0.39, 0.29) is 12.3 Å². The molecule has 1 saturated heterocycles. The highest BCUT2D eigenvalue weighted by Crippen LogP contribution is 2.24. The fourth-order valence-corrected chi connectivity index (χ4v) is 3.62. The zero-order valence-electron chi connectivity index (χ0n) is 18.4. The highest BCUT2D eigenvalue weighted by molar-refractivity contribution is 5.79. The molecule has 1 heterocycles. The molecule has 4 amide bonds. The van der Waals surface area contributed by atoms with Crippen molar-refractivity contribution in [1.82, 2.24) is 15.5 Å². The van der Waals surface area contributed by atoms with Gasteiger partial charge in [0.05, 0.1) is 12.5 Å². The van der Waals surface area contributed by atoms with Crippen molar-refractivity contribution in [3.63, 3.8) is 0 Å². The summed E-state index contributed by atoms with van der Waals surface area (Å²) in [6, 6.07) is 6.53. The zero-order chi connectivity index (χ0) is 22.3. The number of benzene rings is 1. The number of nitrogens with one attached hydrogen (secondary N) is 2. The predicted molar refractivity (Wildman–Crippen MR) is 115 cm³/mol. The lowest BCUT2D eigenvalue weighted by Crippen LogP contribution is -2.44. The number of nitrogens with zero attached hydrogens (tertiary/aromatic N) is 1. The number of piperidine rings is 1. The van der Waals surface area contributed by atoms with Gasteiger partial charge in [0.1, 0.15) is 5.60 Å². The summed E-state index contributed by atoms with van der Waals surface area (Å²) in [7, 11) is 0. The van der Waals surface area contributed by atoms with Crippen molar-refractivity contribution in [1.29, 1.82) is 0 Å². The molecule has 1 aliphatic heterocycles. The molecule has 0 radical (unpaired) electrons. The Bertz CT molecular complexity index is 752. The second kappa shape index (κ2) is 10.3. The van der Waals surface area contributed by atoms with Gasteiger partial charge in [-0.2, -0.15) is 0 Å². The van der Waals surface area contributed by atoms with Crippen LogP contribution in [0.25, 0.3) is 0 Å². The van der Waals surface area contributed by atoms with Crippen molar-refractivity contribution >= 4 is 18.0 Å². The van der Waals surface area contributed by atoms with Crippen LogP contribution in [0.1, 0.15) is 57.2 Å². The molecule has 0 saturated carbocycles. The number of primary amides is 1. The predicted octanol–water partition coefficient (Wildman–Crippen LogP) is 2.86. The van der Waals surface area contributed by atoms with E-state index in [0.29, 0.717) is 25.6 Å². The lowest BCUT2D eigenvalue weighted by Gasteiger charge is -2.33. The van der Waals surface area contributed by atoms with Gasteiger partial charge in [-0.3, -0.25) is 4.79 Å². The minimum Gasteiger partial charge on any atom is -0.444 e. The molecule has 0 aromatic heterocycles. The second-order valence-corrected chi connectivity index (χ2v) is 8.83. The molecule has 1 fully saturated rings. The Balaban J connectivity index is 1.85. The van der Waals surface area contributed by atoms with Crippen LogP contribution in [0.5, 0.6) is 0 Å². The molecular weight excluding hydrogens is 384 g/mol. The van der Waals surface area contributed by atoms with Crippen LogP contribution < -0.4 is 16.4 Å². The molecule has 2 rings (SSSR count). The van der Waals surface area contributed by atoms with Gasteiger partial charge in [-0.05, 0) is 57.6 Å². The molecule has 8 nitrogen and oxygen atoms in total. The normalized spacial score (nSPS) is 15.9. The molecular formula is C22H34N4O4. The van der Waals surface area contributed by atoms with Crippen molar-refractivity contribution in [3.05, 3.63) is 35.4 Å². The van der Waals surface area contributed by atoms with Crippen molar-refractivity contribution in [3.8, 4) is 0 Å². The second-order valence-electron chi connectivity index (χ2n) is 8.83. The van der Waals surface area contributed by atoms with E-state index in [1.165, 1.54) is 0 Å². The average molecular weight is 419 g/mol. The number of nitrogens with two attached hydrogens (primary N) is 1. The molecule has 1 unspecified atom stereocenters. The summed E-state index contributed by atoms with van der Waals surface area (Å²) in [6.07, 6.45) is 1.36. The Morgan fingerprint density at radius 2 is 1.83 bits per heavy atom. The number of rotatable bonds is 6. The smallest absolute Gasteiger partial charge is 0.407 e. The Morgan fingerprint density at radius 1 is 1.20 bits per heavy atom. The number of carbonyl (C=O) groups excluding carboxylic acids is 3. The molecule has 1 aromatic carbocycles. The molecule has 1 aliphatic rings. The lowest BCUT2D eigenvalue weighted by atomic mass is 9.95. The fourth-order valence-electron chi connectivity index (χ4n) is 3.62. The maximum Gasteiger partial charge on any atom is 0.407 e. The van der Waals surface area contributed by atoms with E-state index in [4.69, 9.17) is 10.5 Å². The number of urea groups is 1. The van der Waals surface area contributed by atoms with Crippen LogP contribution in [0.2, 0.25) is 0 Å². The summed E-state index contributed by atoms with van der Waals surface area (Å²) < 4.78 is 5.26. The van der Waals surface area contributed by atoms with Crippen molar-refractivity contribution in [2.24, 2.45) is 11.7 Å². The quantitative estimate of drug-likeness (QED) is 0.659. The Labute approximate surface area is 178 Å². The van der Waals surface area contributed by atoms with E-state index >= 15 is 0 Å². The van der Waals surface area contributed by atoms with Crippen LogP contribution >= 0.6 is 0 Å². The van der Waals surface area contributed by atoms with Crippen LogP contribution in [0, 0.1) is 12.8 Å². The summed E-state index contributed by atoms with van der Waals surface area (Å²) >= 11 is 0. The van der Waals surface area contributed by atoms with Crippen molar-refractivity contribution in [2.75, 3.05) is 19.6 Å². The van der Waals surface area contributed by atoms with Crippen LogP contribution in [-0.4, -0.2) is 48.2 Å². The van der Waals surface area contributed by atoms with Crippen LogP contribution in [0.3, 0.4) is 0 Å². The molecule has 0 spiro atoms. The summed E-state index contributed by atoms with van der Waals surface area (Å²) in [6.45, 7) is 9.20. The van der Waals surface area contributed by atoms with Gasteiger partial charge in [0, 0.05) is 19.6 Å². The first-order valence-corrected chi connectivity index (χ1v) is 10.4. The highest BCUT2D eigenvalue weighted by Gasteiger charge is 2.27. The first kappa shape index (κ1) is 23.5. The topological polar surface area (TPSA) is 114 Å². The van der Waals surface area contributed by atoms with Crippen LogP contribution in [0.15, 0.2) is 24.3 Å². The molecule has 4 N–H and O–H groups in total. The van der Waals surface area contributed by atoms with E-state index in [1.54, 1.807) is 0 Å². The maximum atomic E-state index is 12.8. The number of carbonyl (C=O) groups is 3. The molecule has 1 atom stereocenters. The zero-order valence-corrected chi connectivity index (χ0v) is 18.4. The van der Waals surface area contributed by atoms with E-state index in [0.717, 1.165) is 24.0 Å². The lowest BCUT2D eigenvalue weighted by molar-refractivity contribution is -0.133. The van der Waals surface area contributed by atoms with Crippen LogP contribution in [0.4, 0.5) is 9.59 Å². The summed E-state index contributed by atoms with van der Waals surface area (Å²) in [5.41, 5.74) is 6.69. The largest absolute Gasteiger partial charge is 0.444 e. The third-order valence-electron chi connectivity index (χ3n) is 5.16. The number of amides is 4. The van der Waals surface area contributed by atoms with E-state index in [9.17, 15) is 14.4 Å². The molecule has 30 heavy (non-hydrogen) atoms. The standard InChI is InChI=1S/C22H34N4O4/c1-15-7-5-6-8-17(15)18(25-20(23)28)13-19(27)26-11-9-16(10-12-26)14-24-21(29)30-22(2,3)4/h5-8,16,18H,9-14H2,1-4H3,(H,24,29)(H3,23,25,28). The summed E-state index contributed by atoms with van der Waals surface area (Å²) in [5, 5.41) is 5.51. The maximum absolute atomic E-state index is 12.8. The molecule has 1 aromatic rings. The third kappa shape index (κ3) is 7.57. The van der Waals surface area contributed by atoms with E-state index in [1.807, 2.05) is 56.9 Å². The first-order chi connectivity index (χ1) is 14.0. The molecule has 166 valence electrons. The van der Waals surface area contributed by atoms with Gasteiger partial charge >= 0.3 is 12.1 Å². The van der Waals surface area contributed by atoms with Gasteiger partial charge in [0.25, 0.3) is 0 Å². The SMILES string of the molecule is Cc1ccccc1C(CC(=O)N1CCC(CNC(=O)OC(C)(C)C)CC1)NC(N)=O. The molecule has 0 aliphatic carbocycles. The number of hydrogen-bond donors (Lipinski definition) is 3. The minimum atomic E-state index is -0.650. The molecule has 0 bridgehead atoms. The van der Waals surface area contributed by atoms with Gasteiger partial charge in [0.15, 0.2) is 0 Å². The van der Waals surface area contributed by atoms with Crippen molar-refractivity contribution < 1.29 is 19.1 Å². The van der Waals surface area contributed by atoms with Gasteiger partial charge in [-0.15, -0.1) is 0 Å². The van der Waals surface area contributed by atoms with Crippen molar-refractivity contribution in [2.45, 2.75) is 58.6 Å². The number of hydrogen-bond acceptors (Lipinski definition) is 4. The Morgan fingerprint density at radius 3 is 2.40 bits per heavy atom. The van der Waals surface area contributed by atoms with Gasteiger partial charge in [-0.25, -0.2) is 9.59 Å². The monoisotopic (exact) mass is 418 g/mol. The van der Waals surface area contributed by atoms with Crippen LogP contribution in [-0.2, 0) is 9.53 Å². The molecule has 8 heteroatoms. The first-order valence-electron chi connectivity index (χ1n) is 10.4. The average Bonchev–Trinajstić information content (AvgIpc) is 2.65. The summed E-state index contributed by atoms with van der Waals surface area (Å²) in [5.74, 6) is 0.285. The summed E-state index contributed by atoms with van der Waals surface area (Å²) in [4.78, 5) is 37.9. The minimum absolute atomic E-state index is 0.0180. The van der Waals surface area contributed by atoms with Gasteiger partial charge in [-0.1, -0.05) is 24.3 Å². The number of likely N-dealkylation sites (tertiary alicyclic amines) is 1. The third-order valence-corrected chi connectivity index (χ3v) is 5.16. The Kier molecular flexibility index (Phi) is 8.08. The van der Waals surface area contributed by atoms with E-state index in [2.05, 4.69) is 10.6 Å². The highest BCUT2D eigenvalue weighted by atomic mass is 16.6. The van der Waals surface area contributed by atoms with E-state index < -0.39 is 23.8 Å². The van der Waals surface area contributed by atoms with Gasteiger partial charge < -0.3 is 26.0 Å².